The van der Waals surface area contributed by atoms with Crippen LogP contribution in [0, 0.1) is 6.92 Å². The highest BCUT2D eigenvalue weighted by Crippen LogP contribution is 2.19. The first-order chi connectivity index (χ1) is 13.5. The van der Waals surface area contributed by atoms with Crippen molar-refractivity contribution in [3.05, 3.63) is 83.2 Å². The lowest BCUT2D eigenvalue weighted by Crippen LogP contribution is -2.27. The molecule has 0 aliphatic rings. The maximum Gasteiger partial charge on any atom is 0.270 e. The first-order valence-corrected chi connectivity index (χ1v) is 9.56. The Labute approximate surface area is 166 Å². The zero-order valence-electron chi connectivity index (χ0n) is 16.6. The minimum absolute atomic E-state index is 0.195. The molecule has 5 nitrogen and oxygen atoms in total. The molecule has 3 rings (SSSR count). The Morgan fingerprint density at radius 1 is 1.00 bits per heavy atom. The summed E-state index contributed by atoms with van der Waals surface area (Å²) in [4.78, 5) is 21.3. The third-order valence-corrected chi connectivity index (χ3v) is 4.46. The van der Waals surface area contributed by atoms with Crippen LogP contribution in [-0.2, 0) is 6.42 Å². The van der Waals surface area contributed by atoms with Gasteiger partial charge in [0.15, 0.2) is 0 Å². The minimum atomic E-state index is -0.195. The molecule has 0 aliphatic heterocycles. The van der Waals surface area contributed by atoms with Crippen LogP contribution in [0.25, 0.3) is 0 Å². The lowest BCUT2D eigenvalue weighted by molar-refractivity contribution is 0.0949. The van der Waals surface area contributed by atoms with Crippen molar-refractivity contribution in [2.24, 2.45) is 0 Å². The van der Waals surface area contributed by atoms with E-state index in [1.807, 2.05) is 49.4 Å². The summed E-state index contributed by atoms with van der Waals surface area (Å²) in [5.41, 5.74) is 4.46. The summed E-state index contributed by atoms with van der Waals surface area (Å²) in [5.74, 6) is 0.709. The van der Waals surface area contributed by atoms with Crippen LogP contribution in [-0.4, -0.2) is 22.4 Å². The minimum Gasteiger partial charge on any atom is -0.350 e. The Morgan fingerprint density at radius 3 is 2.39 bits per heavy atom. The van der Waals surface area contributed by atoms with Crippen LogP contribution in [0.2, 0.25) is 0 Å². The van der Waals surface area contributed by atoms with E-state index in [-0.39, 0.29) is 5.91 Å². The molecule has 0 fully saturated rings. The summed E-state index contributed by atoms with van der Waals surface area (Å²) in [6.07, 6.45) is 0.782. The number of nitrogens with one attached hydrogen (secondary N) is 2. The van der Waals surface area contributed by atoms with Gasteiger partial charge in [0.1, 0.15) is 5.69 Å². The molecule has 0 radical (unpaired) electrons. The smallest absolute Gasteiger partial charge is 0.270 e. The average molecular weight is 374 g/mol. The van der Waals surface area contributed by atoms with Crippen LogP contribution in [0.4, 0.5) is 11.6 Å². The van der Waals surface area contributed by atoms with Crippen LogP contribution in [0.15, 0.2) is 60.7 Å². The highest BCUT2D eigenvalue weighted by atomic mass is 16.1. The van der Waals surface area contributed by atoms with E-state index < -0.39 is 0 Å². The number of amides is 1. The molecular formula is C23H26N4O. The predicted molar refractivity (Wildman–Crippen MR) is 113 cm³/mol. The molecule has 2 N–H and O–H groups in total. The van der Waals surface area contributed by atoms with Gasteiger partial charge in [0.25, 0.3) is 5.91 Å². The molecule has 3 aromatic rings. The number of carbonyl (C=O) groups is 1. The van der Waals surface area contributed by atoms with Crippen molar-refractivity contribution in [1.29, 1.82) is 0 Å². The normalized spacial score (nSPS) is 10.7. The summed E-state index contributed by atoms with van der Waals surface area (Å²) < 4.78 is 0. The highest BCUT2D eigenvalue weighted by Gasteiger charge is 2.11. The Balaban J connectivity index is 1.64. The van der Waals surface area contributed by atoms with Gasteiger partial charge in [0.05, 0.1) is 0 Å². The van der Waals surface area contributed by atoms with Gasteiger partial charge in [0.2, 0.25) is 5.95 Å². The molecule has 28 heavy (non-hydrogen) atoms. The van der Waals surface area contributed by atoms with Gasteiger partial charge in [-0.3, -0.25) is 4.79 Å². The fourth-order valence-corrected chi connectivity index (χ4v) is 2.88. The van der Waals surface area contributed by atoms with Crippen LogP contribution < -0.4 is 10.6 Å². The number of benzene rings is 2. The average Bonchev–Trinajstić information content (AvgIpc) is 2.68. The third-order valence-electron chi connectivity index (χ3n) is 4.46. The van der Waals surface area contributed by atoms with E-state index in [1.165, 1.54) is 11.1 Å². The van der Waals surface area contributed by atoms with Crippen molar-refractivity contribution < 1.29 is 4.79 Å². The number of hydrogen-bond donors (Lipinski definition) is 2. The van der Waals surface area contributed by atoms with Crippen molar-refractivity contribution >= 4 is 17.5 Å². The van der Waals surface area contributed by atoms with Crippen LogP contribution in [0.3, 0.4) is 0 Å². The first kappa shape index (κ1) is 19.5. The van der Waals surface area contributed by atoms with Crippen molar-refractivity contribution in [2.45, 2.75) is 33.1 Å². The molecule has 0 unspecified atom stereocenters. The summed E-state index contributed by atoms with van der Waals surface area (Å²) in [7, 11) is 0. The maximum absolute atomic E-state index is 12.5. The fourth-order valence-electron chi connectivity index (χ4n) is 2.88. The summed E-state index contributed by atoms with van der Waals surface area (Å²) >= 11 is 0. The second kappa shape index (κ2) is 9.13. The lowest BCUT2D eigenvalue weighted by atomic mass is 10.0. The van der Waals surface area contributed by atoms with Gasteiger partial charge in [-0.25, -0.2) is 9.97 Å². The predicted octanol–water partition coefficient (Wildman–Crippen LogP) is 4.62. The van der Waals surface area contributed by atoms with Crippen LogP contribution in [0.5, 0.6) is 0 Å². The topological polar surface area (TPSA) is 66.9 Å². The lowest BCUT2D eigenvalue weighted by Gasteiger charge is -2.10. The van der Waals surface area contributed by atoms with Crippen molar-refractivity contribution in [3.63, 3.8) is 0 Å². The van der Waals surface area contributed by atoms with Gasteiger partial charge < -0.3 is 10.6 Å². The molecule has 0 saturated heterocycles. The van der Waals surface area contributed by atoms with E-state index in [0.717, 1.165) is 17.8 Å². The molecule has 1 aromatic heterocycles. The van der Waals surface area contributed by atoms with Crippen molar-refractivity contribution in [3.8, 4) is 0 Å². The van der Waals surface area contributed by atoms with Gasteiger partial charge >= 0.3 is 0 Å². The van der Waals surface area contributed by atoms with Gasteiger partial charge in [0, 0.05) is 17.9 Å². The largest absolute Gasteiger partial charge is 0.350 e. The Bertz CT molecular complexity index is 921. The fraction of sp³-hybridized carbons (Fsp3) is 0.261. The van der Waals surface area contributed by atoms with E-state index in [9.17, 15) is 4.79 Å². The number of aromatic nitrogens is 2. The number of hydrogen-bond acceptors (Lipinski definition) is 4. The van der Waals surface area contributed by atoms with E-state index in [2.05, 4.69) is 46.6 Å². The number of aryl methyl sites for hydroxylation is 1. The summed E-state index contributed by atoms with van der Waals surface area (Å²) in [6.45, 7) is 6.74. The SMILES string of the molecule is Cc1cc(C(=O)NCCc2ccccc2)nc(Nc2ccc(C(C)C)cc2)n1. The molecule has 1 heterocycles. The quantitative estimate of drug-likeness (QED) is 0.633. The third kappa shape index (κ3) is 5.39. The number of carbonyl (C=O) groups excluding carboxylic acids is 1. The molecule has 0 saturated carbocycles. The summed E-state index contributed by atoms with van der Waals surface area (Å²) in [5, 5.41) is 6.11. The van der Waals surface area contributed by atoms with Crippen molar-refractivity contribution in [1.82, 2.24) is 15.3 Å². The Hall–Kier alpha value is -3.21. The standard InChI is InChI=1S/C23H26N4O/c1-16(2)19-9-11-20(12-10-19)26-23-25-17(3)15-21(27-23)22(28)24-14-13-18-7-5-4-6-8-18/h4-12,15-16H,13-14H2,1-3H3,(H,24,28)(H,25,26,27). The zero-order valence-corrected chi connectivity index (χ0v) is 16.6. The highest BCUT2D eigenvalue weighted by molar-refractivity contribution is 5.92. The van der Waals surface area contributed by atoms with E-state index in [0.29, 0.717) is 24.1 Å². The van der Waals surface area contributed by atoms with Crippen LogP contribution in [0.1, 0.15) is 47.1 Å². The molecule has 0 spiro atoms. The van der Waals surface area contributed by atoms with Gasteiger partial charge in [-0.2, -0.15) is 0 Å². The van der Waals surface area contributed by atoms with Crippen LogP contribution >= 0.6 is 0 Å². The molecule has 0 bridgehead atoms. The van der Waals surface area contributed by atoms with Gasteiger partial charge in [-0.05, 0) is 48.6 Å². The first-order valence-electron chi connectivity index (χ1n) is 9.56. The Kier molecular flexibility index (Phi) is 6.37. The molecule has 5 heteroatoms. The molecule has 144 valence electrons. The molecular weight excluding hydrogens is 348 g/mol. The second-order valence-electron chi connectivity index (χ2n) is 7.11. The van der Waals surface area contributed by atoms with E-state index in [1.54, 1.807) is 6.07 Å². The van der Waals surface area contributed by atoms with Crippen molar-refractivity contribution in [2.75, 3.05) is 11.9 Å². The molecule has 0 aliphatic carbocycles. The monoisotopic (exact) mass is 374 g/mol. The molecule has 0 atom stereocenters. The maximum atomic E-state index is 12.5. The number of rotatable bonds is 7. The van der Waals surface area contributed by atoms with Gasteiger partial charge in [-0.1, -0.05) is 56.3 Å². The van der Waals surface area contributed by atoms with Gasteiger partial charge in [-0.15, -0.1) is 0 Å². The Morgan fingerprint density at radius 2 is 1.71 bits per heavy atom. The van der Waals surface area contributed by atoms with E-state index in [4.69, 9.17) is 0 Å². The van der Waals surface area contributed by atoms with E-state index >= 15 is 0 Å². The number of nitrogens with zero attached hydrogens (tertiary/aromatic N) is 2. The zero-order chi connectivity index (χ0) is 19.9. The molecule has 1 amide bonds. The molecule has 2 aromatic carbocycles. The number of anilines is 2. The second-order valence-corrected chi connectivity index (χ2v) is 7.11. The summed E-state index contributed by atoms with van der Waals surface area (Å²) in [6, 6.07) is 19.9.